The number of ether oxygens (including phenoxy) is 1. The summed E-state index contributed by atoms with van der Waals surface area (Å²) in [7, 11) is 1.44. The third-order valence-corrected chi connectivity index (χ3v) is 5.99. The predicted molar refractivity (Wildman–Crippen MR) is 139 cm³/mol. The second-order valence-electron chi connectivity index (χ2n) is 8.22. The van der Waals surface area contributed by atoms with Gasteiger partial charge in [-0.25, -0.2) is 19.0 Å². The second-order valence-corrected chi connectivity index (χ2v) is 8.62. The van der Waals surface area contributed by atoms with E-state index < -0.39 is 11.8 Å². The van der Waals surface area contributed by atoms with Crippen LogP contribution in [-0.2, 0) is 0 Å². The zero-order valence-electron chi connectivity index (χ0n) is 19.8. The summed E-state index contributed by atoms with van der Waals surface area (Å²) >= 11 is 6.22. The maximum atomic E-state index is 13.5. The number of carbonyl (C=O) groups excluding carboxylic acids is 2. The SMILES string of the molecule is COc1ccc(F)cc1NC(=O)Nc1ccc(N2CCN(C(=O)Nc3ccc(C)cc3Cl)CC2)nc1. The molecular formula is C25H26ClFN6O3. The van der Waals surface area contributed by atoms with Crippen molar-refractivity contribution in [3.8, 4) is 5.75 Å². The van der Waals surface area contributed by atoms with Crippen LogP contribution in [0.5, 0.6) is 5.75 Å². The molecule has 4 rings (SSSR count). The molecule has 0 unspecified atom stereocenters. The van der Waals surface area contributed by atoms with Crippen molar-refractivity contribution in [2.45, 2.75) is 6.92 Å². The number of aryl methyl sites for hydroxylation is 1. The van der Waals surface area contributed by atoms with Crippen LogP contribution in [0.4, 0.5) is 36.9 Å². The fourth-order valence-electron chi connectivity index (χ4n) is 3.76. The first-order valence-corrected chi connectivity index (χ1v) is 11.6. The van der Waals surface area contributed by atoms with Crippen molar-refractivity contribution in [3.05, 3.63) is 71.1 Å². The number of nitrogens with zero attached hydrogens (tertiary/aromatic N) is 3. The Balaban J connectivity index is 1.28. The highest BCUT2D eigenvalue weighted by molar-refractivity contribution is 6.33. The number of methoxy groups -OCH3 is 1. The highest BCUT2D eigenvalue weighted by atomic mass is 35.5. The number of halogens is 2. The minimum atomic E-state index is -0.554. The van der Waals surface area contributed by atoms with Gasteiger partial charge in [0, 0.05) is 32.2 Å². The molecule has 1 fully saturated rings. The van der Waals surface area contributed by atoms with E-state index >= 15 is 0 Å². The van der Waals surface area contributed by atoms with Gasteiger partial charge in [-0.3, -0.25) is 0 Å². The Morgan fingerprint density at radius 1 is 0.972 bits per heavy atom. The van der Waals surface area contributed by atoms with Crippen LogP contribution in [0.25, 0.3) is 0 Å². The van der Waals surface area contributed by atoms with Gasteiger partial charge in [-0.15, -0.1) is 0 Å². The summed E-state index contributed by atoms with van der Waals surface area (Å²) in [5, 5.41) is 8.59. The molecule has 0 bridgehead atoms. The number of amides is 4. The second kappa shape index (κ2) is 11.1. The summed E-state index contributed by atoms with van der Waals surface area (Å²) < 4.78 is 18.6. The Morgan fingerprint density at radius 3 is 2.42 bits per heavy atom. The van der Waals surface area contributed by atoms with Crippen LogP contribution in [0.1, 0.15) is 5.56 Å². The molecule has 1 aromatic heterocycles. The predicted octanol–water partition coefficient (Wildman–Crippen LogP) is 5.19. The van der Waals surface area contributed by atoms with Gasteiger partial charge in [-0.05, 0) is 48.9 Å². The molecule has 0 spiro atoms. The van der Waals surface area contributed by atoms with Crippen LogP contribution in [0.3, 0.4) is 0 Å². The van der Waals surface area contributed by atoms with Gasteiger partial charge in [0.15, 0.2) is 0 Å². The molecule has 11 heteroatoms. The van der Waals surface area contributed by atoms with Crippen molar-refractivity contribution in [3.63, 3.8) is 0 Å². The van der Waals surface area contributed by atoms with Gasteiger partial charge >= 0.3 is 12.1 Å². The van der Waals surface area contributed by atoms with Crippen LogP contribution in [0, 0.1) is 12.7 Å². The Morgan fingerprint density at radius 2 is 1.75 bits per heavy atom. The monoisotopic (exact) mass is 512 g/mol. The summed E-state index contributed by atoms with van der Waals surface area (Å²) in [5.41, 5.74) is 2.29. The molecule has 3 aromatic rings. The van der Waals surface area contributed by atoms with E-state index in [-0.39, 0.29) is 11.7 Å². The van der Waals surface area contributed by atoms with E-state index in [1.54, 1.807) is 29.2 Å². The van der Waals surface area contributed by atoms with E-state index in [1.807, 2.05) is 13.0 Å². The molecule has 3 N–H and O–H groups in total. The van der Waals surface area contributed by atoms with Gasteiger partial charge < -0.3 is 30.5 Å². The topological polar surface area (TPSA) is 98.8 Å². The minimum Gasteiger partial charge on any atom is -0.495 e. The number of rotatable bonds is 5. The number of aromatic nitrogens is 1. The van der Waals surface area contributed by atoms with Gasteiger partial charge in [-0.1, -0.05) is 17.7 Å². The Hall–Kier alpha value is -4.05. The normalized spacial score (nSPS) is 13.2. The third-order valence-electron chi connectivity index (χ3n) is 5.67. The number of benzene rings is 2. The number of nitrogens with one attached hydrogen (secondary N) is 3. The smallest absolute Gasteiger partial charge is 0.323 e. The molecular weight excluding hydrogens is 487 g/mol. The molecule has 4 amide bonds. The lowest BCUT2D eigenvalue weighted by Crippen LogP contribution is -2.50. The number of hydrogen-bond donors (Lipinski definition) is 3. The lowest BCUT2D eigenvalue weighted by atomic mass is 10.2. The van der Waals surface area contributed by atoms with Crippen molar-refractivity contribution < 1.29 is 18.7 Å². The van der Waals surface area contributed by atoms with Crippen molar-refractivity contribution in [1.82, 2.24) is 9.88 Å². The van der Waals surface area contributed by atoms with Gasteiger partial charge in [0.05, 0.1) is 35.4 Å². The summed E-state index contributed by atoms with van der Waals surface area (Å²) in [6.45, 7) is 4.19. The Labute approximate surface area is 213 Å². The van der Waals surface area contributed by atoms with Crippen molar-refractivity contribution in [2.75, 3.05) is 54.1 Å². The molecule has 2 aromatic carbocycles. The zero-order valence-corrected chi connectivity index (χ0v) is 20.6. The van der Waals surface area contributed by atoms with Gasteiger partial charge in [0.2, 0.25) is 0 Å². The van der Waals surface area contributed by atoms with Crippen LogP contribution >= 0.6 is 11.6 Å². The highest BCUT2D eigenvalue weighted by Gasteiger charge is 2.22. The number of carbonyl (C=O) groups is 2. The summed E-state index contributed by atoms with van der Waals surface area (Å²) in [6.07, 6.45) is 1.54. The molecule has 1 aliphatic heterocycles. The quantitative estimate of drug-likeness (QED) is 0.437. The third kappa shape index (κ3) is 6.14. The average Bonchev–Trinajstić information content (AvgIpc) is 2.86. The molecule has 9 nitrogen and oxygen atoms in total. The van der Waals surface area contributed by atoms with E-state index in [4.69, 9.17) is 16.3 Å². The first-order chi connectivity index (χ1) is 17.3. The number of anilines is 4. The molecule has 1 aliphatic rings. The molecule has 0 radical (unpaired) electrons. The van der Waals surface area contributed by atoms with Crippen LogP contribution in [0.2, 0.25) is 5.02 Å². The van der Waals surface area contributed by atoms with E-state index in [2.05, 4.69) is 25.8 Å². The molecule has 36 heavy (non-hydrogen) atoms. The van der Waals surface area contributed by atoms with Gasteiger partial charge in [-0.2, -0.15) is 0 Å². The van der Waals surface area contributed by atoms with E-state index in [1.165, 1.54) is 31.5 Å². The van der Waals surface area contributed by atoms with Gasteiger partial charge in [0.1, 0.15) is 17.4 Å². The van der Waals surface area contributed by atoms with Crippen molar-refractivity contribution in [2.24, 2.45) is 0 Å². The van der Waals surface area contributed by atoms with E-state index in [0.29, 0.717) is 48.3 Å². The van der Waals surface area contributed by atoms with E-state index in [9.17, 15) is 14.0 Å². The van der Waals surface area contributed by atoms with E-state index in [0.717, 1.165) is 11.4 Å². The highest BCUT2D eigenvalue weighted by Crippen LogP contribution is 2.26. The molecule has 2 heterocycles. The first-order valence-electron chi connectivity index (χ1n) is 11.3. The first kappa shape index (κ1) is 25.1. The lowest BCUT2D eigenvalue weighted by molar-refractivity contribution is 0.208. The fraction of sp³-hybridized carbons (Fsp3) is 0.240. The Bertz CT molecular complexity index is 1250. The molecule has 1 saturated heterocycles. The summed E-state index contributed by atoms with van der Waals surface area (Å²) in [6, 6.07) is 12.1. The fourth-order valence-corrected chi connectivity index (χ4v) is 4.05. The number of pyridine rings is 1. The van der Waals surface area contributed by atoms with Gasteiger partial charge in [0.25, 0.3) is 0 Å². The maximum absolute atomic E-state index is 13.5. The maximum Gasteiger partial charge on any atom is 0.323 e. The lowest BCUT2D eigenvalue weighted by Gasteiger charge is -2.35. The summed E-state index contributed by atoms with van der Waals surface area (Å²) in [4.78, 5) is 33.2. The van der Waals surface area contributed by atoms with Crippen LogP contribution < -0.4 is 25.6 Å². The number of urea groups is 2. The molecule has 0 aliphatic carbocycles. The zero-order chi connectivity index (χ0) is 25.7. The minimum absolute atomic E-state index is 0.200. The van der Waals surface area contributed by atoms with Crippen LogP contribution in [-0.4, -0.2) is 55.2 Å². The molecule has 0 saturated carbocycles. The Kier molecular flexibility index (Phi) is 7.74. The van der Waals surface area contributed by atoms with Crippen molar-refractivity contribution in [1.29, 1.82) is 0 Å². The molecule has 188 valence electrons. The number of hydrogen-bond acceptors (Lipinski definition) is 5. The summed E-state index contributed by atoms with van der Waals surface area (Å²) in [5.74, 6) is 0.581. The standard InChI is InChI=1S/C25H26ClFN6O3/c1-16-3-6-20(19(26)13-16)31-25(35)33-11-9-32(10-12-33)23-8-5-18(15-28-23)29-24(34)30-21-14-17(27)4-7-22(21)36-2/h3-8,13-15H,9-12H2,1-2H3,(H,31,35)(H2,29,30,34). The average molecular weight is 513 g/mol. The van der Waals surface area contributed by atoms with Crippen LogP contribution in [0.15, 0.2) is 54.7 Å². The number of piperazine rings is 1. The molecule has 0 atom stereocenters. The largest absolute Gasteiger partial charge is 0.495 e. The van der Waals surface area contributed by atoms with Crippen molar-refractivity contribution >= 4 is 46.5 Å².